The third kappa shape index (κ3) is 9.34. The van der Waals surface area contributed by atoms with Gasteiger partial charge < -0.3 is 20.7 Å². The number of Topliss-reactive ketones (excluding diaryl/α,β-unsaturated/α-hetero) is 1. The second-order valence-electron chi connectivity index (χ2n) is 10.9. The minimum Gasteiger partial charge on any atom is -0.369 e. The van der Waals surface area contributed by atoms with Gasteiger partial charge in [0.1, 0.15) is 12.6 Å². The van der Waals surface area contributed by atoms with Crippen LogP contribution in [0.1, 0.15) is 49.0 Å². The fourth-order valence-electron chi connectivity index (χ4n) is 4.80. The van der Waals surface area contributed by atoms with Crippen LogP contribution >= 0.6 is 0 Å². The Morgan fingerprint density at radius 1 is 0.773 bits per heavy atom. The molecule has 0 heterocycles. The lowest BCUT2D eigenvalue weighted by molar-refractivity contribution is -0.132. The van der Waals surface area contributed by atoms with Crippen molar-refractivity contribution < 1.29 is 23.9 Å². The number of hydrogen-bond acceptors (Lipinski definition) is 5. The molecule has 8 heteroatoms. The van der Waals surface area contributed by atoms with Crippen molar-refractivity contribution in [3.63, 3.8) is 0 Å². The zero-order chi connectivity index (χ0) is 31.3. The second kappa shape index (κ2) is 16.1. The molecule has 0 spiro atoms. The SMILES string of the molecule is CCC(C)C(NC(=O)c1ccc2ccccc2c1)C(=O)NC(CCC(=O)Nc1ccccc1)C(=O)COCc1ccccc1. The summed E-state index contributed by atoms with van der Waals surface area (Å²) in [6.45, 7) is 3.80. The average molecular weight is 594 g/mol. The standard InChI is InChI=1S/C36H39N3O5/c1-3-25(2)34(39-35(42)29-19-18-27-14-10-11-15-28(27)22-29)36(43)38-31(20-21-33(41)37-30-16-8-5-9-17-30)32(40)24-44-23-26-12-6-4-7-13-26/h4-19,22,25,31,34H,3,20-21,23-24H2,1-2H3,(H,37,41)(H,38,43)(H,39,42). The fourth-order valence-corrected chi connectivity index (χ4v) is 4.80. The Morgan fingerprint density at radius 3 is 2.14 bits per heavy atom. The van der Waals surface area contributed by atoms with E-state index < -0.39 is 18.0 Å². The predicted molar refractivity (Wildman–Crippen MR) is 172 cm³/mol. The maximum absolute atomic E-state index is 13.6. The van der Waals surface area contributed by atoms with E-state index >= 15 is 0 Å². The Labute approximate surface area is 258 Å². The molecule has 3 amide bonds. The van der Waals surface area contributed by atoms with Gasteiger partial charge in [-0.05, 0) is 52.9 Å². The number of ketones is 1. The van der Waals surface area contributed by atoms with E-state index in [4.69, 9.17) is 4.74 Å². The van der Waals surface area contributed by atoms with Gasteiger partial charge in [-0.3, -0.25) is 19.2 Å². The third-order valence-electron chi connectivity index (χ3n) is 7.57. The van der Waals surface area contributed by atoms with Crippen molar-refractivity contribution >= 4 is 40.0 Å². The van der Waals surface area contributed by atoms with Gasteiger partial charge in [-0.1, -0.05) is 99.1 Å². The van der Waals surface area contributed by atoms with Gasteiger partial charge in [0.25, 0.3) is 5.91 Å². The van der Waals surface area contributed by atoms with Crippen LogP contribution in [0, 0.1) is 5.92 Å². The first-order valence-electron chi connectivity index (χ1n) is 14.9. The van der Waals surface area contributed by atoms with Crippen molar-refractivity contribution in [1.82, 2.24) is 10.6 Å². The number of fused-ring (bicyclic) bond motifs is 1. The molecule has 0 radical (unpaired) electrons. The molecule has 0 fully saturated rings. The highest BCUT2D eigenvalue weighted by molar-refractivity contribution is 6.01. The molecule has 0 saturated heterocycles. The van der Waals surface area contributed by atoms with Crippen LogP contribution in [-0.4, -0.2) is 42.2 Å². The van der Waals surface area contributed by atoms with Crippen LogP contribution in [0.5, 0.6) is 0 Å². The quantitative estimate of drug-likeness (QED) is 0.164. The normalized spacial score (nSPS) is 13.0. The highest BCUT2D eigenvalue weighted by Gasteiger charge is 2.30. The summed E-state index contributed by atoms with van der Waals surface area (Å²) in [4.78, 5) is 52.9. The van der Waals surface area contributed by atoms with E-state index in [1.165, 1.54) is 0 Å². The Hall–Kier alpha value is -4.82. The maximum Gasteiger partial charge on any atom is 0.251 e. The Kier molecular flexibility index (Phi) is 11.8. The molecule has 228 valence electrons. The van der Waals surface area contributed by atoms with Gasteiger partial charge in [-0.25, -0.2) is 0 Å². The summed E-state index contributed by atoms with van der Waals surface area (Å²) in [6.07, 6.45) is 0.694. The molecule has 4 aromatic rings. The summed E-state index contributed by atoms with van der Waals surface area (Å²) in [6, 6.07) is 29.7. The van der Waals surface area contributed by atoms with E-state index in [-0.39, 0.29) is 49.6 Å². The van der Waals surface area contributed by atoms with Gasteiger partial charge in [0, 0.05) is 17.7 Å². The van der Waals surface area contributed by atoms with Crippen molar-refractivity contribution in [3.8, 4) is 0 Å². The van der Waals surface area contributed by atoms with E-state index in [1.54, 1.807) is 24.3 Å². The minimum atomic E-state index is -0.982. The first-order valence-corrected chi connectivity index (χ1v) is 14.9. The monoisotopic (exact) mass is 593 g/mol. The van der Waals surface area contributed by atoms with Gasteiger partial charge in [0.15, 0.2) is 5.78 Å². The van der Waals surface area contributed by atoms with E-state index in [1.807, 2.05) is 92.7 Å². The van der Waals surface area contributed by atoms with Crippen LogP contribution in [0.2, 0.25) is 0 Å². The van der Waals surface area contributed by atoms with E-state index in [9.17, 15) is 19.2 Å². The molecule has 4 rings (SSSR count). The van der Waals surface area contributed by atoms with Crippen LogP contribution in [0.3, 0.4) is 0 Å². The highest BCUT2D eigenvalue weighted by Crippen LogP contribution is 2.17. The number of para-hydroxylation sites is 1. The van der Waals surface area contributed by atoms with Crippen molar-refractivity contribution in [1.29, 1.82) is 0 Å². The number of rotatable bonds is 15. The first-order chi connectivity index (χ1) is 21.3. The molecule has 0 aliphatic rings. The average Bonchev–Trinajstić information content (AvgIpc) is 3.05. The van der Waals surface area contributed by atoms with Gasteiger partial charge in [0.05, 0.1) is 12.6 Å². The molecule has 0 bridgehead atoms. The number of ether oxygens (including phenoxy) is 1. The number of nitrogens with one attached hydrogen (secondary N) is 3. The number of carbonyl (C=O) groups is 4. The van der Waals surface area contributed by atoms with Crippen molar-refractivity contribution in [2.24, 2.45) is 5.92 Å². The second-order valence-corrected chi connectivity index (χ2v) is 10.9. The molecule has 3 atom stereocenters. The van der Waals surface area contributed by atoms with Crippen LogP contribution in [0.25, 0.3) is 10.8 Å². The minimum absolute atomic E-state index is 0.00170. The molecular weight excluding hydrogens is 554 g/mol. The highest BCUT2D eigenvalue weighted by atomic mass is 16.5. The van der Waals surface area contributed by atoms with Crippen molar-refractivity contribution in [3.05, 3.63) is 114 Å². The fraction of sp³-hybridized carbons (Fsp3) is 0.278. The number of benzene rings is 4. The van der Waals surface area contributed by atoms with E-state index in [0.717, 1.165) is 16.3 Å². The van der Waals surface area contributed by atoms with Crippen LogP contribution in [0.15, 0.2) is 103 Å². The molecule has 44 heavy (non-hydrogen) atoms. The zero-order valence-corrected chi connectivity index (χ0v) is 25.1. The topological polar surface area (TPSA) is 114 Å². The predicted octanol–water partition coefficient (Wildman–Crippen LogP) is 5.67. The lowest BCUT2D eigenvalue weighted by Gasteiger charge is -2.26. The van der Waals surface area contributed by atoms with Crippen LogP contribution < -0.4 is 16.0 Å². The number of anilines is 1. The summed E-state index contributed by atoms with van der Waals surface area (Å²) in [5.74, 6) is -1.72. The summed E-state index contributed by atoms with van der Waals surface area (Å²) in [7, 11) is 0. The van der Waals surface area contributed by atoms with Crippen molar-refractivity contribution in [2.45, 2.75) is 51.8 Å². The lowest BCUT2D eigenvalue weighted by Crippen LogP contribution is -2.54. The van der Waals surface area contributed by atoms with Crippen LogP contribution in [0.4, 0.5) is 5.69 Å². The first kappa shape index (κ1) is 32.1. The molecular formula is C36H39N3O5. The van der Waals surface area contributed by atoms with Gasteiger partial charge >= 0.3 is 0 Å². The Balaban J connectivity index is 1.45. The van der Waals surface area contributed by atoms with Gasteiger partial charge in [-0.15, -0.1) is 0 Å². The van der Waals surface area contributed by atoms with E-state index in [0.29, 0.717) is 17.7 Å². The maximum atomic E-state index is 13.6. The molecule has 3 unspecified atom stereocenters. The molecule has 3 N–H and O–H groups in total. The zero-order valence-electron chi connectivity index (χ0n) is 25.1. The largest absolute Gasteiger partial charge is 0.369 e. The molecule has 0 aromatic heterocycles. The molecule has 0 saturated carbocycles. The molecule has 0 aliphatic heterocycles. The summed E-state index contributed by atoms with van der Waals surface area (Å²) < 4.78 is 5.66. The summed E-state index contributed by atoms with van der Waals surface area (Å²) >= 11 is 0. The van der Waals surface area contributed by atoms with Gasteiger partial charge in [0.2, 0.25) is 11.8 Å². The number of amides is 3. The Bertz CT molecular complexity index is 1560. The third-order valence-corrected chi connectivity index (χ3v) is 7.57. The number of carbonyl (C=O) groups excluding carboxylic acids is 4. The molecule has 8 nitrogen and oxygen atoms in total. The molecule has 4 aromatic carbocycles. The molecule has 0 aliphatic carbocycles. The van der Waals surface area contributed by atoms with E-state index in [2.05, 4.69) is 16.0 Å². The smallest absolute Gasteiger partial charge is 0.251 e. The Morgan fingerprint density at radius 2 is 1.43 bits per heavy atom. The van der Waals surface area contributed by atoms with Crippen LogP contribution in [-0.2, 0) is 25.7 Å². The number of hydrogen-bond donors (Lipinski definition) is 3. The lowest BCUT2D eigenvalue weighted by atomic mass is 9.96. The van der Waals surface area contributed by atoms with Crippen molar-refractivity contribution in [2.75, 3.05) is 11.9 Å². The van der Waals surface area contributed by atoms with Gasteiger partial charge in [-0.2, -0.15) is 0 Å². The summed E-state index contributed by atoms with van der Waals surface area (Å²) in [5.41, 5.74) is 1.99. The summed E-state index contributed by atoms with van der Waals surface area (Å²) in [5, 5.41) is 10.4.